The van der Waals surface area contributed by atoms with Crippen molar-refractivity contribution >= 4 is 28.2 Å². The minimum absolute atomic E-state index is 0.154. The maximum Gasteiger partial charge on any atom is 0.341 e. The van der Waals surface area contributed by atoms with Gasteiger partial charge < -0.3 is 15.4 Å². The van der Waals surface area contributed by atoms with Crippen molar-refractivity contribution in [3.8, 4) is 0 Å². The molecule has 0 aromatic carbocycles. The van der Waals surface area contributed by atoms with Gasteiger partial charge >= 0.3 is 5.97 Å². The number of ether oxygens (including phenoxy) is 1. The normalized spacial score (nSPS) is 10.2. The van der Waals surface area contributed by atoms with Gasteiger partial charge in [-0.05, 0) is 18.9 Å². The molecule has 0 fully saturated rings. The molecule has 5 nitrogen and oxygen atoms in total. The van der Waals surface area contributed by atoms with E-state index in [0.717, 1.165) is 17.8 Å². The molecule has 18 heavy (non-hydrogen) atoms. The van der Waals surface area contributed by atoms with Crippen LogP contribution in [0.4, 0.5) is 5.00 Å². The predicted molar refractivity (Wildman–Crippen MR) is 72.1 cm³/mol. The lowest BCUT2D eigenvalue weighted by atomic mass is 10.1. The summed E-state index contributed by atoms with van der Waals surface area (Å²) in [5, 5.41) is 0.332. The van der Waals surface area contributed by atoms with Gasteiger partial charge in [0.05, 0.1) is 17.0 Å². The Kier molecular flexibility index (Phi) is 4.72. The number of nitrogen functional groups attached to an aromatic ring is 1. The van der Waals surface area contributed by atoms with Crippen LogP contribution in [0.5, 0.6) is 0 Å². The molecule has 0 unspecified atom stereocenters. The number of thiophene rings is 1. The minimum Gasteiger partial charge on any atom is -0.462 e. The molecule has 0 bridgehead atoms. The molecule has 2 N–H and O–H groups in total. The van der Waals surface area contributed by atoms with Crippen LogP contribution in [-0.2, 0) is 4.74 Å². The second-order valence-corrected chi connectivity index (χ2v) is 5.18. The summed E-state index contributed by atoms with van der Waals surface area (Å²) >= 11 is 1.12. The zero-order chi connectivity index (χ0) is 13.9. The molecule has 0 aliphatic heterocycles. The summed E-state index contributed by atoms with van der Waals surface area (Å²) in [6.45, 7) is 3.98. The molecule has 1 aromatic heterocycles. The van der Waals surface area contributed by atoms with Crippen LogP contribution < -0.4 is 5.73 Å². The molecule has 6 heteroatoms. The number of carbonyl (C=O) groups is 2. The SMILES string of the molecule is CCCOC(=O)c1c(N)sc(C(=O)N(C)C)c1C. The van der Waals surface area contributed by atoms with E-state index < -0.39 is 5.97 Å². The Balaban J connectivity index is 3.08. The van der Waals surface area contributed by atoms with E-state index in [1.54, 1.807) is 21.0 Å². The van der Waals surface area contributed by atoms with Gasteiger partial charge in [-0.25, -0.2) is 4.79 Å². The Bertz CT molecular complexity index is 466. The van der Waals surface area contributed by atoms with Gasteiger partial charge in [-0.3, -0.25) is 4.79 Å². The van der Waals surface area contributed by atoms with Crippen LogP contribution >= 0.6 is 11.3 Å². The predicted octanol–water partition coefficient (Wildman–Crippen LogP) is 1.91. The van der Waals surface area contributed by atoms with Crippen molar-refractivity contribution in [1.82, 2.24) is 4.90 Å². The maximum absolute atomic E-state index is 11.9. The Morgan fingerprint density at radius 1 is 1.39 bits per heavy atom. The first-order valence-electron chi connectivity index (χ1n) is 5.67. The van der Waals surface area contributed by atoms with Crippen LogP contribution in [0.3, 0.4) is 0 Å². The zero-order valence-corrected chi connectivity index (χ0v) is 11.9. The number of anilines is 1. The smallest absolute Gasteiger partial charge is 0.341 e. The van der Waals surface area contributed by atoms with Gasteiger partial charge in [-0.2, -0.15) is 0 Å². The van der Waals surface area contributed by atoms with Gasteiger partial charge in [0, 0.05) is 14.1 Å². The minimum atomic E-state index is -0.457. The number of carbonyl (C=O) groups excluding carboxylic acids is 2. The number of esters is 1. The third-order valence-electron chi connectivity index (χ3n) is 2.42. The topological polar surface area (TPSA) is 72.6 Å². The van der Waals surface area contributed by atoms with Crippen molar-refractivity contribution in [3.63, 3.8) is 0 Å². The first-order valence-corrected chi connectivity index (χ1v) is 6.49. The average molecular weight is 270 g/mol. The summed E-state index contributed by atoms with van der Waals surface area (Å²) in [6, 6.07) is 0. The van der Waals surface area contributed by atoms with Crippen LogP contribution in [-0.4, -0.2) is 37.5 Å². The van der Waals surface area contributed by atoms with Gasteiger partial charge in [-0.15, -0.1) is 11.3 Å². The highest BCUT2D eigenvalue weighted by Crippen LogP contribution is 2.31. The monoisotopic (exact) mass is 270 g/mol. The first kappa shape index (κ1) is 14.5. The molecule has 1 rings (SSSR count). The van der Waals surface area contributed by atoms with Crippen molar-refractivity contribution in [2.24, 2.45) is 0 Å². The fraction of sp³-hybridized carbons (Fsp3) is 0.500. The molecular formula is C12H18N2O3S. The number of hydrogen-bond acceptors (Lipinski definition) is 5. The van der Waals surface area contributed by atoms with Gasteiger partial charge in [0.15, 0.2) is 0 Å². The number of amides is 1. The quantitative estimate of drug-likeness (QED) is 0.848. The molecule has 1 aromatic rings. The first-order chi connectivity index (χ1) is 8.40. The summed E-state index contributed by atoms with van der Waals surface area (Å²) in [5.41, 5.74) is 6.71. The molecule has 100 valence electrons. The molecule has 1 amide bonds. The van der Waals surface area contributed by atoms with Crippen molar-refractivity contribution in [2.75, 3.05) is 26.4 Å². The summed E-state index contributed by atoms with van der Waals surface area (Å²) < 4.78 is 5.06. The van der Waals surface area contributed by atoms with E-state index in [0.29, 0.717) is 27.6 Å². The average Bonchev–Trinajstić information content (AvgIpc) is 2.60. The Hall–Kier alpha value is -1.56. The number of rotatable bonds is 4. The number of nitrogens with zero attached hydrogens (tertiary/aromatic N) is 1. The molecule has 0 saturated carbocycles. The molecule has 0 saturated heterocycles. The van der Waals surface area contributed by atoms with Gasteiger partial charge in [-0.1, -0.05) is 6.92 Å². The molecule has 0 spiro atoms. The van der Waals surface area contributed by atoms with Crippen molar-refractivity contribution in [3.05, 3.63) is 16.0 Å². The summed E-state index contributed by atoms with van der Waals surface area (Å²) in [7, 11) is 3.32. The second-order valence-electron chi connectivity index (χ2n) is 4.13. The molecule has 0 aliphatic rings. The summed E-state index contributed by atoms with van der Waals surface area (Å²) in [5.74, 6) is -0.611. The van der Waals surface area contributed by atoms with E-state index in [9.17, 15) is 9.59 Å². The zero-order valence-electron chi connectivity index (χ0n) is 11.1. The highest BCUT2D eigenvalue weighted by atomic mass is 32.1. The number of hydrogen-bond donors (Lipinski definition) is 1. The van der Waals surface area contributed by atoms with Gasteiger partial charge in [0.2, 0.25) is 0 Å². The van der Waals surface area contributed by atoms with Gasteiger partial charge in [0.1, 0.15) is 5.00 Å². The molecular weight excluding hydrogens is 252 g/mol. The Morgan fingerprint density at radius 2 is 2.00 bits per heavy atom. The van der Waals surface area contributed by atoms with Crippen LogP contribution in [0.2, 0.25) is 0 Å². The third-order valence-corrected chi connectivity index (χ3v) is 3.52. The fourth-order valence-corrected chi connectivity index (χ4v) is 2.55. The molecule has 0 aliphatic carbocycles. The van der Waals surface area contributed by atoms with Crippen molar-refractivity contribution < 1.29 is 14.3 Å². The largest absolute Gasteiger partial charge is 0.462 e. The Morgan fingerprint density at radius 3 is 2.50 bits per heavy atom. The molecule has 0 atom stereocenters. The lowest BCUT2D eigenvalue weighted by Gasteiger charge is -2.09. The van der Waals surface area contributed by atoms with E-state index in [-0.39, 0.29) is 5.91 Å². The van der Waals surface area contributed by atoms with Crippen LogP contribution in [0.15, 0.2) is 0 Å². The second kappa shape index (κ2) is 5.86. The highest BCUT2D eigenvalue weighted by Gasteiger charge is 2.24. The molecule has 1 heterocycles. The van der Waals surface area contributed by atoms with Crippen molar-refractivity contribution in [2.45, 2.75) is 20.3 Å². The maximum atomic E-state index is 11.9. The third kappa shape index (κ3) is 2.81. The summed E-state index contributed by atoms with van der Waals surface area (Å²) in [6.07, 6.45) is 0.748. The van der Waals surface area contributed by atoms with E-state index >= 15 is 0 Å². The highest BCUT2D eigenvalue weighted by molar-refractivity contribution is 7.18. The lowest BCUT2D eigenvalue weighted by molar-refractivity contribution is 0.0506. The van der Waals surface area contributed by atoms with E-state index in [4.69, 9.17) is 10.5 Å². The van der Waals surface area contributed by atoms with E-state index in [1.807, 2.05) is 6.92 Å². The van der Waals surface area contributed by atoms with Crippen LogP contribution in [0.1, 0.15) is 38.9 Å². The van der Waals surface area contributed by atoms with Gasteiger partial charge in [0.25, 0.3) is 5.91 Å². The molecule has 0 radical (unpaired) electrons. The fourth-order valence-electron chi connectivity index (χ4n) is 1.46. The van der Waals surface area contributed by atoms with Crippen LogP contribution in [0, 0.1) is 6.92 Å². The van der Waals surface area contributed by atoms with Crippen LogP contribution in [0.25, 0.3) is 0 Å². The number of nitrogens with two attached hydrogens (primary N) is 1. The summed E-state index contributed by atoms with van der Waals surface area (Å²) in [4.78, 5) is 25.7. The van der Waals surface area contributed by atoms with Crippen molar-refractivity contribution in [1.29, 1.82) is 0 Å². The lowest BCUT2D eigenvalue weighted by Crippen LogP contribution is -2.21. The standard InChI is InChI=1S/C12H18N2O3S/c1-5-6-17-12(16)8-7(2)9(18-10(8)13)11(15)14(3)4/h5-6,13H2,1-4H3. The Labute approximate surface area is 111 Å². The van der Waals surface area contributed by atoms with E-state index in [2.05, 4.69) is 0 Å². The van der Waals surface area contributed by atoms with E-state index in [1.165, 1.54) is 4.90 Å².